The molecule has 0 radical (unpaired) electrons. The Hall–Kier alpha value is -3.05. The zero-order chi connectivity index (χ0) is 22.6. The van der Waals surface area contributed by atoms with Gasteiger partial charge in [-0.25, -0.2) is 0 Å². The molecule has 0 saturated carbocycles. The summed E-state index contributed by atoms with van der Waals surface area (Å²) in [5, 5.41) is 0. The van der Waals surface area contributed by atoms with Crippen LogP contribution in [0.5, 0.6) is 5.75 Å². The molecule has 0 spiro atoms. The average Bonchev–Trinajstić information content (AvgIpc) is 2.98. The van der Waals surface area contributed by atoms with Crippen molar-refractivity contribution >= 4 is 6.08 Å². The summed E-state index contributed by atoms with van der Waals surface area (Å²) >= 11 is 0. The second-order valence-corrected chi connectivity index (χ2v) is 8.06. The highest BCUT2D eigenvalue weighted by Crippen LogP contribution is 2.34. The number of hydrogen-bond acceptors (Lipinski definition) is 2. The Kier molecular flexibility index (Phi) is 6.66. The van der Waals surface area contributed by atoms with E-state index < -0.39 is 11.7 Å². The van der Waals surface area contributed by atoms with Crippen molar-refractivity contribution in [2.45, 2.75) is 18.5 Å². The molecule has 3 aromatic rings. The van der Waals surface area contributed by atoms with Crippen molar-refractivity contribution in [1.29, 1.82) is 0 Å². The van der Waals surface area contributed by atoms with E-state index in [-0.39, 0.29) is 5.92 Å². The van der Waals surface area contributed by atoms with E-state index in [9.17, 15) is 13.2 Å². The van der Waals surface area contributed by atoms with Crippen molar-refractivity contribution in [2.24, 2.45) is 0 Å². The van der Waals surface area contributed by atoms with Crippen molar-refractivity contribution in [3.05, 3.63) is 107 Å². The predicted molar refractivity (Wildman–Crippen MR) is 122 cm³/mol. The topological polar surface area (TPSA) is 12.5 Å². The molecule has 0 aliphatic carbocycles. The Morgan fingerprint density at radius 1 is 1.00 bits per heavy atom. The van der Waals surface area contributed by atoms with Gasteiger partial charge in [0, 0.05) is 25.6 Å². The number of methoxy groups -OCH3 is 1. The lowest BCUT2D eigenvalue weighted by Gasteiger charge is -2.24. The maximum Gasteiger partial charge on any atom is 0.416 e. The average molecular weight is 438 g/mol. The number of benzene rings is 3. The van der Waals surface area contributed by atoms with Crippen LogP contribution in [0, 0.1) is 0 Å². The molecule has 0 saturated heterocycles. The number of hydrogen-bond donors (Lipinski definition) is 0. The van der Waals surface area contributed by atoms with Crippen LogP contribution >= 0.6 is 0 Å². The van der Waals surface area contributed by atoms with Gasteiger partial charge in [-0.15, -0.1) is 0 Å². The van der Waals surface area contributed by atoms with Gasteiger partial charge in [-0.3, -0.25) is 4.90 Å². The molecular formula is C27H26F3NO. The third-order valence-corrected chi connectivity index (χ3v) is 5.98. The van der Waals surface area contributed by atoms with Crippen molar-refractivity contribution < 1.29 is 17.9 Å². The molecule has 1 atom stereocenters. The molecule has 32 heavy (non-hydrogen) atoms. The Morgan fingerprint density at radius 2 is 1.75 bits per heavy atom. The van der Waals surface area contributed by atoms with Crippen LogP contribution in [0.25, 0.3) is 6.08 Å². The highest BCUT2D eigenvalue weighted by Gasteiger charge is 2.29. The highest BCUT2D eigenvalue weighted by molar-refractivity contribution is 5.50. The normalized spacial score (nSPS) is 17.2. The molecule has 4 rings (SSSR count). The van der Waals surface area contributed by atoms with Gasteiger partial charge < -0.3 is 4.74 Å². The van der Waals surface area contributed by atoms with E-state index >= 15 is 0 Å². The van der Waals surface area contributed by atoms with Gasteiger partial charge in [-0.05, 0) is 52.9 Å². The molecule has 3 aromatic carbocycles. The van der Waals surface area contributed by atoms with E-state index in [1.165, 1.54) is 28.8 Å². The Labute approximate surface area is 187 Å². The number of alkyl halides is 3. The Balaban J connectivity index is 1.52. The van der Waals surface area contributed by atoms with Gasteiger partial charge >= 0.3 is 6.18 Å². The molecule has 166 valence electrons. The quantitative estimate of drug-likeness (QED) is 0.457. The molecule has 0 amide bonds. The molecule has 5 heteroatoms. The third kappa shape index (κ3) is 5.22. The van der Waals surface area contributed by atoms with Gasteiger partial charge in [0.05, 0.1) is 12.7 Å². The number of rotatable bonds is 5. The molecule has 2 nitrogen and oxygen atoms in total. The first-order valence-electron chi connectivity index (χ1n) is 10.7. The molecule has 1 aliphatic heterocycles. The lowest BCUT2D eigenvalue weighted by Crippen LogP contribution is -2.29. The van der Waals surface area contributed by atoms with Gasteiger partial charge in [0.15, 0.2) is 0 Å². The summed E-state index contributed by atoms with van der Waals surface area (Å²) in [6.45, 7) is 2.51. The minimum Gasteiger partial charge on any atom is -0.497 e. The second-order valence-electron chi connectivity index (χ2n) is 8.06. The van der Waals surface area contributed by atoms with E-state index in [1.807, 2.05) is 24.3 Å². The predicted octanol–water partition coefficient (Wildman–Crippen LogP) is 6.42. The first kappa shape index (κ1) is 22.2. The molecule has 1 unspecified atom stereocenters. The van der Waals surface area contributed by atoms with Gasteiger partial charge in [0.25, 0.3) is 0 Å². The molecule has 1 heterocycles. The van der Waals surface area contributed by atoms with Crippen LogP contribution in [0.15, 0.2) is 78.9 Å². The fourth-order valence-electron chi connectivity index (χ4n) is 4.24. The van der Waals surface area contributed by atoms with Gasteiger partial charge in [-0.2, -0.15) is 13.2 Å². The minimum absolute atomic E-state index is 0.225. The zero-order valence-electron chi connectivity index (χ0n) is 18.0. The van der Waals surface area contributed by atoms with Crippen LogP contribution in [-0.4, -0.2) is 31.6 Å². The molecular weight excluding hydrogens is 411 g/mol. The van der Waals surface area contributed by atoms with E-state index in [1.54, 1.807) is 7.11 Å². The summed E-state index contributed by atoms with van der Waals surface area (Å²) in [5.74, 6) is 1.09. The Morgan fingerprint density at radius 3 is 2.44 bits per heavy atom. The maximum absolute atomic E-state index is 12.8. The lowest BCUT2D eigenvalue weighted by atomic mass is 9.88. The van der Waals surface area contributed by atoms with Crippen LogP contribution in [-0.2, 0) is 12.6 Å². The number of ether oxygens (including phenoxy) is 1. The van der Waals surface area contributed by atoms with E-state index in [0.29, 0.717) is 0 Å². The zero-order valence-corrected chi connectivity index (χ0v) is 18.0. The molecule has 1 aliphatic rings. The monoisotopic (exact) mass is 437 g/mol. The van der Waals surface area contributed by atoms with E-state index in [2.05, 4.69) is 41.3 Å². The first-order valence-corrected chi connectivity index (χ1v) is 10.7. The maximum atomic E-state index is 12.8. The van der Waals surface area contributed by atoms with Crippen molar-refractivity contribution in [2.75, 3.05) is 26.7 Å². The van der Waals surface area contributed by atoms with E-state index in [0.717, 1.165) is 49.5 Å². The van der Waals surface area contributed by atoms with Gasteiger partial charge in [0.1, 0.15) is 5.75 Å². The molecule has 0 bridgehead atoms. The molecule has 0 fully saturated rings. The van der Waals surface area contributed by atoms with Crippen LogP contribution in [0.3, 0.4) is 0 Å². The smallest absolute Gasteiger partial charge is 0.416 e. The summed E-state index contributed by atoms with van der Waals surface area (Å²) in [4.78, 5) is 2.39. The minimum atomic E-state index is -4.31. The van der Waals surface area contributed by atoms with Crippen molar-refractivity contribution in [3.8, 4) is 5.75 Å². The molecule has 0 N–H and O–H groups in total. The van der Waals surface area contributed by atoms with Crippen LogP contribution < -0.4 is 4.74 Å². The molecule has 0 aromatic heterocycles. The summed E-state index contributed by atoms with van der Waals surface area (Å²) in [6, 6.07) is 22.1. The van der Waals surface area contributed by atoms with Gasteiger partial charge in [0.2, 0.25) is 0 Å². The fraction of sp³-hybridized carbons (Fsp3) is 0.259. The first-order chi connectivity index (χ1) is 15.4. The highest BCUT2D eigenvalue weighted by atomic mass is 19.4. The number of fused-ring (bicyclic) bond motifs is 1. The van der Waals surface area contributed by atoms with Crippen LogP contribution in [0.1, 0.15) is 33.7 Å². The number of halogens is 3. The Bertz CT molecular complexity index is 1060. The second kappa shape index (κ2) is 9.61. The standard InChI is InChI=1S/C27H26F3NO/c1-32-24-14-11-22-15-17-31(19-26(25(22)18-24)21-7-3-2-4-8-21)16-5-6-20-9-12-23(13-10-20)27(28,29)30/h2-14,18,26H,15-17,19H2,1H3. The summed E-state index contributed by atoms with van der Waals surface area (Å²) in [5.41, 5.74) is 4.03. The van der Waals surface area contributed by atoms with E-state index in [4.69, 9.17) is 4.74 Å². The summed E-state index contributed by atoms with van der Waals surface area (Å²) in [6.07, 6.45) is 0.551. The third-order valence-electron chi connectivity index (χ3n) is 5.98. The summed E-state index contributed by atoms with van der Waals surface area (Å²) < 4.78 is 43.8. The van der Waals surface area contributed by atoms with Gasteiger partial charge in [-0.1, -0.05) is 60.7 Å². The van der Waals surface area contributed by atoms with Crippen LogP contribution in [0.2, 0.25) is 0 Å². The number of nitrogens with zero attached hydrogens (tertiary/aromatic N) is 1. The lowest BCUT2D eigenvalue weighted by molar-refractivity contribution is -0.137. The fourth-order valence-corrected chi connectivity index (χ4v) is 4.24. The van der Waals surface area contributed by atoms with Crippen molar-refractivity contribution in [1.82, 2.24) is 4.90 Å². The largest absolute Gasteiger partial charge is 0.497 e. The SMILES string of the molecule is COc1ccc2c(c1)C(c1ccccc1)CN(CC=Cc1ccc(C(F)(F)F)cc1)CC2. The summed E-state index contributed by atoms with van der Waals surface area (Å²) in [7, 11) is 1.69. The van der Waals surface area contributed by atoms with Crippen LogP contribution in [0.4, 0.5) is 13.2 Å². The van der Waals surface area contributed by atoms with Crippen molar-refractivity contribution in [3.63, 3.8) is 0 Å².